The number of hydrogen-bond acceptors (Lipinski definition) is 4. The van der Waals surface area contributed by atoms with E-state index in [2.05, 4.69) is 0 Å². The molecule has 2 unspecified atom stereocenters. The number of benzene rings is 1. The van der Waals surface area contributed by atoms with E-state index >= 15 is 0 Å². The Morgan fingerprint density at radius 3 is 2.48 bits per heavy atom. The van der Waals surface area contributed by atoms with Crippen molar-refractivity contribution in [3.8, 4) is 0 Å². The summed E-state index contributed by atoms with van der Waals surface area (Å²) < 4.78 is 3.71. The van der Waals surface area contributed by atoms with Gasteiger partial charge in [0.1, 0.15) is 6.54 Å². The number of nitrogens with zero attached hydrogens (tertiary/aromatic N) is 5. The van der Waals surface area contributed by atoms with Gasteiger partial charge in [-0.1, -0.05) is 33.4 Å². The normalized spacial score (nSPS) is 23.3. The van der Waals surface area contributed by atoms with Crippen LogP contribution in [0.25, 0.3) is 0 Å². The average Bonchev–Trinajstić information content (AvgIpc) is 3.27. The smallest absolute Gasteiger partial charge is 0.274 e. The van der Waals surface area contributed by atoms with Crippen molar-refractivity contribution in [2.75, 3.05) is 0 Å². The van der Waals surface area contributed by atoms with Crippen LogP contribution in [-0.2, 0) is 17.3 Å². The highest BCUT2D eigenvalue weighted by Crippen LogP contribution is 2.46. The molecule has 9 heteroatoms. The quantitative estimate of drug-likeness (QED) is 0.358. The summed E-state index contributed by atoms with van der Waals surface area (Å²) in [5, 5.41) is 11.8. The second-order valence-electron chi connectivity index (χ2n) is 7.81. The van der Waals surface area contributed by atoms with E-state index in [0.29, 0.717) is 17.8 Å². The van der Waals surface area contributed by atoms with Gasteiger partial charge in [-0.2, -0.15) is 9.80 Å². The van der Waals surface area contributed by atoms with Crippen molar-refractivity contribution >= 4 is 17.5 Å². The second kappa shape index (κ2) is 5.94. The van der Waals surface area contributed by atoms with Gasteiger partial charge in [-0.05, 0) is 6.07 Å². The van der Waals surface area contributed by atoms with Gasteiger partial charge in [0.2, 0.25) is 11.6 Å². The number of nitro groups is 1. The molecule has 1 aromatic carbocycles. The fraction of sp³-hybridized carbons (Fsp3) is 0.182. The first-order chi connectivity index (χ1) is 15.0. The van der Waals surface area contributed by atoms with Crippen molar-refractivity contribution in [3.63, 3.8) is 0 Å². The number of para-hydroxylation sites is 1. The molecule has 0 radical (unpaired) electrons. The van der Waals surface area contributed by atoms with Crippen LogP contribution in [0.3, 0.4) is 0 Å². The summed E-state index contributed by atoms with van der Waals surface area (Å²) in [7, 11) is 0. The highest BCUT2D eigenvalue weighted by atomic mass is 16.6. The Morgan fingerprint density at radius 2 is 1.68 bits per heavy atom. The molecule has 2 amide bonds. The van der Waals surface area contributed by atoms with Crippen LogP contribution in [-0.4, -0.2) is 26.5 Å². The van der Waals surface area contributed by atoms with Crippen LogP contribution >= 0.6 is 0 Å². The molecule has 3 aliphatic heterocycles. The van der Waals surface area contributed by atoms with Crippen LogP contribution in [0.5, 0.6) is 0 Å². The van der Waals surface area contributed by atoms with Crippen molar-refractivity contribution in [1.29, 1.82) is 0 Å². The number of nitro benzene ring substituents is 1. The molecule has 9 nitrogen and oxygen atoms in total. The van der Waals surface area contributed by atoms with Gasteiger partial charge in [0.25, 0.3) is 11.4 Å². The van der Waals surface area contributed by atoms with Gasteiger partial charge in [-0.25, -0.2) is 0 Å². The molecule has 3 aliphatic rings. The minimum absolute atomic E-state index is 0.0263. The molecular weight excluding hydrogens is 398 g/mol. The summed E-state index contributed by atoms with van der Waals surface area (Å²) >= 11 is 0. The van der Waals surface area contributed by atoms with Gasteiger partial charge < -0.3 is 0 Å². The average molecular weight is 415 g/mol. The minimum Gasteiger partial charge on any atom is -0.274 e. The van der Waals surface area contributed by atoms with Crippen molar-refractivity contribution in [2.24, 2.45) is 0 Å². The zero-order valence-electron chi connectivity index (χ0n) is 16.3. The Morgan fingerprint density at radius 1 is 0.968 bits per heavy atom. The maximum Gasteiger partial charge on any atom is 0.550 e. The summed E-state index contributed by atoms with van der Waals surface area (Å²) in [5.74, 6) is -1.70. The van der Waals surface area contributed by atoms with Crippen molar-refractivity contribution < 1.29 is 23.6 Å². The van der Waals surface area contributed by atoms with Crippen LogP contribution in [0, 0.1) is 10.1 Å². The molecule has 152 valence electrons. The van der Waals surface area contributed by atoms with Crippen molar-refractivity contribution in [1.82, 2.24) is 9.80 Å². The lowest BCUT2D eigenvalue weighted by molar-refractivity contribution is -1.02. The van der Waals surface area contributed by atoms with E-state index in [0.717, 1.165) is 5.69 Å². The van der Waals surface area contributed by atoms with Crippen molar-refractivity contribution in [2.45, 2.75) is 24.9 Å². The standard InChI is InChI=1S/C22H17N5O4/c28-20-13-19(16-8-1-2-9-17(16)27(30)31)26-21(29)18-10-4-6-12-24(18)22(26)23-11-5-3-7-15(23)14-25(20)22/h1-12,19H,13-14H2/q+2. The van der Waals surface area contributed by atoms with Gasteiger partial charge >= 0.3 is 11.8 Å². The molecule has 1 fully saturated rings. The Hall–Kier alpha value is -4.14. The fourth-order valence-electron chi connectivity index (χ4n) is 5.20. The monoisotopic (exact) mass is 415 g/mol. The predicted octanol–water partition coefficient (Wildman–Crippen LogP) is 1.23. The van der Waals surface area contributed by atoms with Gasteiger partial charge in [0.05, 0.1) is 22.9 Å². The van der Waals surface area contributed by atoms with E-state index < -0.39 is 16.9 Å². The molecule has 1 spiro atoms. The summed E-state index contributed by atoms with van der Waals surface area (Å²) in [5.41, 5.74) is 1.55. The molecule has 0 N–H and O–H groups in total. The maximum absolute atomic E-state index is 13.7. The van der Waals surface area contributed by atoms with Crippen LogP contribution in [0.1, 0.15) is 34.2 Å². The van der Waals surface area contributed by atoms with Crippen LogP contribution < -0.4 is 9.13 Å². The highest BCUT2D eigenvalue weighted by molar-refractivity contribution is 5.94. The number of carbonyl (C=O) groups is 2. The van der Waals surface area contributed by atoms with Crippen LogP contribution in [0.4, 0.5) is 5.69 Å². The lowest BCUT2D eigenvalue weighted by atomic mass is 9.96. The van der Waals surface area contributed by atoms with Gasteiger partial charge in [-0.3, -0.25) is 19.7 Å². The molecule has 31 heavy (non-hydrogen) atoms. The van der Waals surface area contributed by atoms with E-state index in [1.165, 1.54) is 6.07 Å². The minimum atomic E-state index is -1.26. The third-order valence-corrected chi connectivity index (χ3v) is 6.37. The molecule has 2 aromatic heterocycles. The zero-order valence-corrected chi connectivity index (χ0v) is 16.3. The van der Waals surface area contributed by atoms with Gasteiger partial charge in [-0.15, -0.1) is 0 Å². The third-order valence-electron chi connectivity index (χ3n) is 6.37. The maximum atomic E-state index is 13.7. The first kappa shape index (κ1) is 17.7. The van der Waals surface area contributed by atoms with E-state index in [4.69, 9.17) is 0 Å². The molecule has 3 aromatic rings. The largest absolute Gasteiger partial charge is 0.550 e. The molecule has 2 atom stereocenters. The third kappa shape index (κ3) is 2.04. The number of fused-ring (bicyclic) bond motifs is 2. The predicted molar refractivity (Wildman–Crippen MR) is 104 cm³/mol. The van der Waals surface area contributed by atoms with E-state index in [1.54, 1.807) is 50.9 Å². The van der Waals surface area contributed by atoms with Crippen molar-refractivity contribution in [3.05, 3.63) is 100 Å². The molecule has 0 saturated carbocycles. The number of aromatic nitrogens is 2. The molecular formula is C22H17N5O4+2. The molecule has 0 aliphatic carbocycles. The second-order valence-corrected chi connectivity index (χ2v) is 7.81. The Balaban J connectivity index is 1.68. The number of pyridine rings is 2. The lowest BCUT2D eigenvalue weighted by Crippen LogP contribution is -2.83. The molecule has 1 saturated heterocycles. The summed E-state index contributed by atoms with van der Waals surface area (Å²) in [4.78, 5) is 41.8. The number of carbonyl (C=O) groups excluding carboxylic acids is 2. The van der Waals surface area contributed by atoms with Crippen LogP contribution in [0.15, 0.2) is 73.1 Å². The highest BCUT2D eigenvalue weighted by Gasteiger charge is 2.78. The van der Waals surface area contributed by atoms with Gasteiger partial charge in [0, 0.05) is 30.3 Å². The van der Waals surface area contributed by atoms with Crippen LogP contribution in [0.2, 0.25) is 0 Å². The Kier molecular flexibility index (Phi) is 3.39. The number of rotatable bonds is 2. The zero-order chi connectivity index (χ0) is 21.3. The van der Waals surface area contributed by atoms with E-state index in [9.17, 15) is 19.7 Å². The summed E-state index contributed by atoms with van der Waals surface area (Å²) in [6.07, 6.45) is 3.60. The lowest BCUT2D eigenvalue weighted by Gasteiger charge is -2.39. The first-order valence-corrected chi connectivity index (χ1v) is 9.94. The topological polar surface area (TPSA) is 91.5 Å². The Labute approximate surface area is 176 Å². The number of hydrogen-bond donors (Lipinski definition) is 0. The summed E-state index contributed by atoms with van der Waals surface area (Å²) in [6, 6.07) is 16.5. The van der Waals surface area contributed by atoms with E-state index in [-0.39, 0.29) is 23.9 Å². The molecule has 5 heterocycles. The molecule has 6 rings (SSSR count). The van der Waals surface area contributed by atoms with Gasteiger partial charge in [0.15, 0.2) is 12.4 Å². The fourth-order valence-corrected chi connectivity index (χ4v) is 5.20. The molecule has 0 bridgehead atoms. The first-order valence-electron chi connectivity index (χ1n) is 9.94. The van der Waals surface area contributed by atoms with E-state index in [1.807, 2.05) is 35.0 Å². The number of amides is 2. The SMILES string of the molecule is O=C1CC(c2ccccc2[N+](=O)[O-])N2C(=O)c3cccc[n+]3C23N1Cc1cccc[n+]13. The summed E-state index contributed by atoms with van der Waals surface area (Å²) in [6.45, 7) is 0.342. The Bertz CT molecular complexity index is 1310.